The molecule has 0 saturated heterocycles. The van der Waals surface area contributed by atoms with Crippen LogP contribution in [0.5, 0.6) is 0 Å². The van der Waals surface area contributed by atoms with Gasteiger partial charge in [0.2, 0.25) is 0 Å². The monoisotopic (exact) mass is 754 g/mol. The van der Waals surface area contributed by atoms with Crippen LogP contribution in [-0.2, 0) is 0 Å². The summed E-state index contributed by atoms with van der Waals surface area (Å²) in [6.07, 6.45) is 1.88. The molecule has 0 unspecified atom stereocenters. The number of fused-ring (bicyclic) bond motifs is 6. The van der Waals surface area contributed by atoms with E-state index >= 15 is 0 Å². The van der Waals surface area contributed by atoms with Gasteiger partial charge in [-0.3, -0.25) is 0 Å². The van der Waals surface area contributed by atoms with Gasteiger partial charge in [0.25, 0.3) is 0 Å². The van der Waals surface area contributed by atoms with Gasteiger partial charge in [0.05, 0.1) is 11.0 Å². The fraction of sp³-hybridized carbons (Fsp3) is 0. The molecule has 0 aliphatic rings. The Kier molecular flexibility index (Phi) is 8.30. The highest BCUT2D eigenvalue weighted by atomic mass is 16.3. The first kappa shape index (κ1) is 34.4. The number of rotatable bonds is 8. The molecule has 0 aliphatic carbocycles. The van der Waals surface area contributed by atoms with Crippen molar-refractivity contribution in [3.05, 3.63) is 224 Å². The van der Waals surface area contributed by atoms with E-state index in [1.165, 1.54) is 38.5 Å². The molecule has 0 radical (unpaired) electrons. The first-order valence-electron chi connectivity index (χ1n) is 20.0. The summed E-state index contributed by atoms with van der Waals surface area (Å²) >= 11 is 0. The van der Waals surface area contributed by atoms with Gasteiger partial charge in [-0.2, -0.15) is 0 Å². The first-order valence-corrected chi connectivity index (χ1v) is 20.0. The van der Waals surface area contributed by atoms with Gasteiger partial charge < -0.3 is 13.9 Å². The van der Waals surface area contributed by atoms with E-state index in [-0.39, 0.29) is 0 Å². The number of hydrogen-bond donors (Lipinski definition) is 0. The molecule has 11 rings (SSSR count). The molecule has 2 aromatic heterocycles. The van der Waals surface area contributed by atoms with E-state index in [1.807, 2.05) is 18.2 Å². The summed E-state index contributed by atoms with van der Waals surface area (Å²) in [6, 6.07) is 75.9. The van der Waals surface area contributed by atoms with Gasteiger partial charge in [-0.05, 0) is 100 Å². The lowest BCUT2D eigenvalue weighted by atomic mass is 10.0. The van der Waals surface area contributed by atoms with Gasteiger partial charge in [-0.1, -0.05) is 158 Å². The van der Waals surface area contributed by atoms with Gasteiger partial charge in [-0.15, -0.1) is 0 Å². The quantitative estimate of drug-likeness (QED) is 0.154. The Hall–Kier alpha value is -7.88. The molecule has 278 valence electrons. The second-order valence-corrected chi connectivity index (χ2v) is 15.0. The lowest BCUT2D eigenvalue weighted by molar-refractivity contribution is 0.670. The minimum atomic E-state index is 0.903. The van der Waals surface area contributed by atoms with Gasteiger partial charge in [0, 0.05) is 49.9 Å². The maximum Gasteiger partial charge on any atom is 0.143 e. The molecule has 0 aliphatic heterocycles. The zero-order valence-corrected chi connectivity index (χ0v) is 32.3. The molecular weight excluding hydrogens is 717 g/mol. The first-order chi connectivity index (χ1) is 29.2. The van der Waals surface area contributed by atoms with Gasteiger partial charge in [0.15, 0.2) is 0 Å². The fourth-order valence-electron chi connectivity index (χ4n) is 8.63. The maximum absolute atomic E-state index is 6.41. The van der Waals surface area contributed by atoms with Crippen molar-refractivity contribution in [1.82, 2.24) is 4.57 Å². The zero-order chi connectivity index (χ0) is 39.3. The van der Waals surface area contributed by atoms with E-state index in [1.54, 1.807) is 0 Å². The minimum absolute atomic E-state index is 0.903. The summed E-state index contributed by atoms with van der Waals surface area (Å²) in [6.45, 7) is 3.91. The molecule has 0 spiro atoms. The Balaban J connectivity index is 0.946. The number of benzene rings is 9. The second-order valence-electron chi connectivity index (χ2n) is 15.0. The van der Waals surface area contributed by atoms with E-state index in [9.17, 15) is 0 Å². The molecule has 11 aromatic rings. The molecule has 2 heterocycles. The van der Waals surface area contributed by atoms with Crippen LogP contribution in [0, 0.1) is 0 Å². The summed E-state index contributed by atoms with van der Waals surface area (Å²) < 4.78 is 8.77. The molecule has 0 saturated carbocycles. The van der Waals surface area contributed by atoms with Gasteiger partial charge in [0.1, 0.15) is 11.2 Å². The Bertz CT molecular complexity index is 3240. The molecule has 3 nitrogen and oxygen atoms in total. The van der Waals surface area contributed by atoms with E-state index in [4.69, 9.17) is 4.42 Å². The Morgan fingerprint density at radius 2 is 0.831 bits per heavy atom. The normalized spacial score (nSPS) is 11.5. The van der Waals surface area contributed by atoms with Crippen LogP contribution in [0.1, 0.15) is 5.56 Å². The third-order valence-corrected chi connectivity index (χ3v) is 11.6. The van der Waals surface area contributed by atoms with Crippen molar-refractivity contribution >= 4 is 66.9 Å². The smallest absolute Gasteiger partial charge is 0.143 e. The topological polar surface area (TPSA) is 21.3 Å². The molecule has 0 bridgehead atoms. The summed E-state index contributed by atoms with van der Waals surface area (Å²) in [5.41, 5.74) is 16.6. The van der Waals surface area contributed by atoms with Crippen molar-refractivity contribution in [2.75, 3.05) is 4.90 Å². The summed E-state index contributed by atoms with van der Waals surface area (Å²) in [7, 11) is 0. The van der Waals surface area contributed by atoms with Crippen LogP contribution in [0.4, 0.5) is 17.1 Å². The predicted molar refractivity (Wildman–Crippen MR) is 249 cm³/mol. The second kappa shape index (κ2) is 14.3. The van der Waals surface area contributed by atoms with Crippen LogP contribution in [0.15, 0.2) is 223 Å². The number of para-hydroxylation sites is 4. The number of hydrogen-bond acceptors (Lipinski definition) is 2. The van der Waals surface area contributed by atoms with Crippen LogP contribution in [0.2, 0.25) is 0 Å². The van der Waals surface area contributed by atoms with Gasteiger partial charge in [-0.25, -0.2) is 0 Å². The van der Waals surface area contributed by atoms with Crippen molar-refractivity contribution in [1.29, 1.82) is 0 Å². The molecular formula is C56H38N2O. The van der Waals surface area contributed by atoms with Crippen LogP contribution in [0.3, 0.4) is 0 Å². The minimum Gasteiger partial charge on any atom is -0.455 e. The lowest BCUT2D eigenvalue weighted by Gasteiger charge is -2.26. The molecule has 0 fully saturated rings. The van der Waals surface area contributed by atoms with Crippen LogP contribution in [0.25, 0.3) is 88.9 Å². The average Bonchev–Trinajstić information content (AvgIpc) is 3.86. The molecule has 59 heavy (non-hydrogen) atoms. The summed E-state index contributed by atoms with van der Waals surface area (Å²) in [4.78, 5) is 2.32. The number of anilines is 3. The average molecular weight is 755 g/mol. The van der Waals surface area contributed by atoms with E-state index < -0.39 is 0 Å². The van der Waals surface area contributed by atoms with Gasteiger partial charge >= 0.3 is 0 Å². The van der Waals surface area contributed by atoms with Crippen molar-refractivity contribution in [2.24, 2.45) is 0 Å². The maximum atomic E-state index is 6.41. The number of aromatic nitrogens is 1. The predicted octanol–water partition coefficient (Wildman–Crippen LogP) is 15.8. The van der Waals surface area contributed by atoms with E-state index in [2.05, 4.69) is 216 Å². The van der Waals surface area contributed by atoms with Crippen LogP contribution in [-0.4, -0.2) is 4.57 Å². The van der Waals surface area contributed by atoms with Crippen LogP contribution < -0.4 is 4.90 Å². The standard InChI is InChI=1S/C56H38N2O/c1-2-38-18-20-39(21-19-38)40-22-30-44(31-23-40)57(46-36-28-43(29-37-46)48-13-9-14-52-51-12-5-8-17-55(51)59-56(48)52)45-32-24-41(25-33-45)42-26-34-47(35-27-42)58-53-15-6-3-10-49(53)50-11-4-7-16-54(50)58/h2-37H,1H2. The van der Waals surface area contributed by atoms with E-state index in [0.717, 1.165) is 66.9 Å². The molecule has 0 atom stereocenters. The van der Waals surface area contributed by atoms with Crippen molar-refractivity contribution in [2.45, 2.75) is 0 Å². The molecule has 0 N–H and O–H groups in total. The number of furan rings is 1. The van der Waals surface area contributed by atoms with E-state index in [0.29, 0.717) is 0 Å². The third kappa shape index (κ3) is 6.00. The summed E-state index contributed by atoms with van der Waals surface area (Å²) in [5.74, 6) is 0. The Morgan fingerprint density at radius 3 is 1.37 bits per heavy atom. The van der Waals surface area contributed by atoms with Crippen LogP contribution >= 0.6 is 0 Å². The van der Waals surface area contributed by atoms with Crippen molar-refractivity contribution in [3.8, 4) is 39.1 Å². The molecule has 9 aromatic carbocycles. The third-order valence-electron chi connectivity index (χ3n) is 11.6. The highest BCUT2D eigenvalue weighted by Crippen LogP contribution is 2.40. The zero-order valence-electron chi connectivity index (χ0n) is 32.3. The lowest BCUT2D eigenvalue weighted by Crippen LogP contribution is -2.09. The molecule has 3 heteroatoms. The highest BCUT2D eigenvalue weighted by Gasteiger charge is 2.17. The summed E-state index contributed by atoms with van der Waals surface area (Å²) in [5, 5.41) is 4.80. The SMILES string of the molecule is C=Cc1ccc(-c2ccc(N(c3ccc(-c4ccc(-n5c6ccccc6c6ccccc65)cc4)cc3)c3ccc(-c4cccc5c4oc4ccccc45)cc3)cc2)cc1. The van der Waals surface area contributed by atoms with Crippen molar-refractivity contribution < 1.29 is 4.42 Å². The highest BCUT2D eigenvalue weighted by molar-refractivity contribution is 6.10. The van der Waals surface area contributed by atoms with Crippen molar-refractivity contribution in [3.63, 3.8) is 0 Å². The largest absolute Gasteiger partial charge is 0.455 e. The Labute approximate surface area is 343 Å². The Morgan fingerprint density at radius 1 is 0.390 bits per heavy atom. The molecule has 0 amide bonds. The fourth-order valence-corrected chi connectivity index (χ4v) is 8.63. The number of nitrogens with zero attached hydrogens (tertiary/aromatic N) is 2.